The van der Waals surface area contributed by atoms with Crippen molar-refractivity contribution in [1.29, 1.82) is 0 Å². The fraction of sp³-hybridized carbons (Fsp3) is 0.625. The second kappa shape index (κ2) is 4.59. The summed E-state index contributed by atoms with van der Waals surface area (Å²) in [6.45, 7) is 1.30. The van der Waals surface area contributed by atoms with Crippen LogP contribution in [-0.4, -0.2) is 32.4 Å². The third-order valence-corrected chi connectivity index (χ3v) is 1.76. The van der Waals surface area contributed by atoms with Crippen LogP contribution in [0, 0.1) is 5.41 Å². The van der Waals surface area contributed by atoms with Crippen LogP contribution in [0.3, 0.4) is 0 Å². The predicted octanol–water partition coefficient (Wildman–Crippen LogP) is -0.0723. The van der Waals surface area contributed by atoms with Gasteiger partial charge in [-0.15, -0.1) is 0 Å². The van der Waals surface area contributed by atoms with Gasteiger partial charge in [0.25, 0.3) is 0 Å². The van der Waals surface area contributed by atoms with Crippen LogP contribution >= 0.6 is 0 Å². The number of hydrogen-bond acceptors (Lipinski definition) is 5. The van der Waals surface area contributed by atoms with Crippen molar-refractivity contribution in [3.8, 4) is 0 Å². The molecule has 0 amide bonds. The van der Waals surface area contributed by atoms with Crippen LogP contribution in [0.15, 0.2) is 0 Å². The summed E-state index contributed by atoms with van der Waals surface area (Å²) in [5.41, 5.74) is -1.52. The molecule has 0 atom stereocenters. The normalized spacial score (nSPS) is 10.4. The third kappa shape index (κ3) is 2.27. The minimum atomic E-state index is -1.52. The first-order valence-electron chi connectivity index (χ1n) is 3.63. The molecule has 0 aliphatic rings. The molecule has 0 radical (unpaired) electrons. The molecular formula is C8H12O5. The lowest BCUT2D eigenvalue weighted by molar-refractivity contribution is -0.168. The van der Waals surface area contributed by atoms with Crippen molar-refractivity contribution in [3.63, 3.8) is 0 Å². The summed E-state index contributed by atoms with van der Waals surface area (Å²) in [6.07, 6.45) is 0.236. The van der Waals surface area contributed by atoms with Gasteiger partial charge < -0.3 is 14.3 Å². The van der Waals surface area contributed by atoms with Crippen molar-refractivity contribution in [2.75, 3.05) is 14.2 Å². The molecule has 0 aromatic rings. The topological polar surface area (TPSA) is 69.7 Å². The fourth-order valence-corrected chi connectivity index (χ4v) is 0.867. The van der Waals surface area contributed by atoms with Gasteiger partial charge in [-0.1, -0.05) is 0 Å². The van der Waals surface area contributed by atoms with E-state index in [1.54, 1.807) is 0 Å². The minimum absolute atomic E-state index is 0.244. The molecule has 0 N–H and O–H groups in total. The van der Waals surface area contributed by atoms with Gasteiger partial charge in [0.2, 0.25) is 0 Å². The molecule has 0 aromatic carbocycles. The van der Waals surface area contributed by atoms with Crippen molar-refractivity contribution < 1.29 is 23.9 Å². The summed E-state index contributed by atoms with van der Waals surface area (Å²) in [5.74, 6) is -1.54. The van der Waals surface area contributed by atoms with Gasteiger partial charge in [0, 0.05) is 6.42 Å². The van der Waals surface area contributed by atoms with Crippen molar-refractivity contribution in [3.05, 3.63) is 0 Å². The standard InChI is InChI=1S/C8H12O5/c1-8(4-5-9,6(10)12-2)7(11)13-3/h5H,4H2,1-3H3. The Bertz CT molecular complexity index is 205. The Kier molecular flexibility index (Phi) is 4.10. The fourth-order valence-electron chi connectivity index (χ4n) is 0.867. The molecule has 0 unspecified atom stereocenters. The Labute approximate surface area is 76.0 Å². The first-order chi connectivity index (χ1) is 6.02. The number of methoxy groups -OCH3 is 2. The quantitative estimate of drug-likeness (QED) is 0.351. The molecular weight excluding hydrogens is 176 g/mol. The molecule has 74 valence electrons. The van der Waals surface area contributed by atoms with E-state index < -0.39 is 17.4 Å². The highest BCUT2D eigenvalue weighted by atomic mass is 16.5. The Morgan fingerprint density at radius 3 is 1.85 bits per heavy atom. The lowest BCUT2D eigenvalue weighted by Crippen LogP contribution is -2.38. The van der Waals surface area contributed by atoms with Crippen LogP contribution in [-0.2, 0) is 23.9 Å². The van der Waals surface area contributed by atoms with Crippen LogP contribution in [0.4, 0.5) is 0 Å². The Hall–Kier alpha value is -1.39. The first kappa shape index (κ1) is 11.6. The van der Waals surface area contributed by atoms with Gasteiger partial charge in [0.05, 0.1) is 14.2 Å². The van der Waals surface area contributed by atoms with Gasteiger partial charge in [-0.2, -0.15) is 0 Å². The van der Waals surface area contributed by atoms with E-state index in [-0.39, 0.29) is 6.42 Å². The average Bonchev–Trinajstić information content (AvgIpc) is 2.15. The van der Waals surface area contributed by atoms with E-state index in [2.05, 4.69) is 9.47 Å². The zero-order chi connectivity index (χ0) is 10.5. The molecule has 5 heteroatoms. The van der Waals surface area contributed by atoms with Crippen LogP contribution in [0.1, 0.15) is 13.3 Å². The number of carbonyl (C=O) groups excluding carboxylic acids is 3. The highest BCUT2D eigenvalue weighted by Gasteiger charge is 2.43. The second-order valence-electron chi connectivity index (χ2n) is 2.69. The summed E-state index contributed by atoms with van der Waals surface area (Å²) in [4.78, 5) is 32.5. The molecule has 0 bridgehead atoms. The number of rotatable bonds is 4. The van der Waals surface area contributed by atoms with Crippen molar-refractivity contribution >= 4 is 18.2 Å². The largest absolute Gasteiger partial charge is 0.468 e. The third-order valence-electron chi connectivity index (χ3n) is 1.76. The van der Waals surface area contributed by atoms with Crippen molar-refractivity contribution in [2.24, 2.45) is 5.41 Å². The lowest BCUT2D eigenvalue weighted by Gasteiger charge is -2.20. The molecule has 0 rings (SSSR count). The van der Waals surface area contributed by atoms with Gasteiger partial charge >= 0.3 is 11.9 Å². The molecule has 0 fully saturated rings. The Morgan fingerprint density at radius 1 is 1.23 bits per heavy atom. The molecule has 0 saturated carbocycles. The van der Waals surface area contributed by atoms with E-state index in [1.165, 1.54) is 6.92 Å². The SMILES string of the molecule is COC(=O)C(C)(CC=O)C(=O)OC. The van der Waals surface area contributed by atoms with E-state index >= 15 is 0 Å². The molecule has 0 aliphatic heterocycles. The zero-order valence-corrected chi connectivity index (χ0v) is 7.83. The summed E-state index contributed by atoms with van der Waals surface area (Å²) < 4.78 is 8.78. The molecule has 5 nitrogen and oxygen atoms in total. The van der Waals surface area contributed by atoms with E-state index in [9.17, 15) is 14.4 Å². The summed E-state index contributed by atoms with van der Waals surface area (Å²) in [6, 6.07) is 0. The van der Waals surface area contributed by atoms with E-state index in [0.29, 0.717) is 6.29 Å². The highest BCUT2D eigenvalue weighted by Crippen LogP contribution is 2.23. The zero-order valence-electron chi connectivity index (χ0n) is 7.83. The van der Waals surface area contributed by atoms with E-state index in [0.717, 1.165) is 14.2 Å². The van der Waals surface area contributed by atoms with E-state index in [1.807, 2.05) is 0 Å². The Balaban J connectivity index is 4.81. The van der Waals surface area contributed by atoms with E-state index in [4.69, 9.17) is 0 Å². The molecule has 0 aromatic heterocycles. The number of esters is 2. The predicted molar refractivity (Wildman–Crippen MR) is 42.8 cm³/mol. The van der Waals surface area contributed by atoms with Crippen LogP contribution in [0.2, 0.25) is 0 Å². The second-order valence-corrected chi connectivity index (χ2v) is 2.69. The van der Waals surface area contributed by atoms with Crippen molar-refractivity contribution in [1.82, 2.24) is 0 Å². The van der Waals surface area contributed by atoms with Crippen LogP contribution in [0.5, 0.6) is 0 Å². The lowest BCUT2D eigenvalue weighted by atomic mass is 9.87. The maximum atomic E-state index is 11.1. The maximum Gasteiger partial charge on any atom is 0.323 e. The Morgan fingerprint density at radius 2 is 1.62 bits per heavy atom. The molecule has 0 heterocycles. The van der Waals surface area contributed by atoms with Gasteiger partial charge in [-0.25, -0.2) is 0 Å². The smallest absolute Gasteiger partial charge is 0.323 e. The summed E-state index contributed by atoms with van der Waals surface area (Å²) in [5, 5.41) is 0. The van der Waals surface area contributed by atoms with Crippen LogP contribution < -0.4 is 0 Å². The molecule has 0 saturated heterocycles. The van der Waals surface area contributed by atoms with Gasteiger partial charge in [0.1, 0.15) is 6.29 Å². The average molecular weight is 188 g/mol. The van der Waals surface area contributed by atoms with Gasteiger partial charge in [-0.05, 0) is 6.92 Å². The monoisotopic (exact) mass is 188 g/mol. The minimum Gasteiger partial charge on any atom is -0.468 e. The molecule has 0 aliphatic carbocycles. The van der Waals surface area contributed by atoms with Crippen LogP contribution in [0.25, 0.3) is 0 Å². The number of aldehydes is 1. The van der Waals surface area contributed by atoms with Gasteiger partial charge in [0.15, 0.2) is 5.41 Å². The number of carbonyl (C=O) groups is 3. The maximum absolute atomic E-state index is 11.1. The number of hydrogen-bond donors (Lipinski definition) is 0. The first-order valence-corrected chi connectivity index (χ1v) is 3.63. The number of ether oxygens (including phenoxy) is 2. The van der Waals surface area contributed by atoms with Gasteiger partial charge in [-0.3, -0.25) is 9.59 Å². The molecule has 13 heavy (non-hydrogen) atoms. The summed E-state index contributed by atoms with van der Waals surface area (Å²) in [7, 11) is 2.29. The summed E-state index contributed by atoms with van der Waals surface area (Å²) >= 11 is 0. The van der Waals surface area contributed by atoms with Crippen molar-refractivity contribution in [2.45, 2.75) is 13.3 Å². The molecule has 0 spiro atoms. The highest BCUT2D eigenvalue weighted by molar-refractivity contribution is 6.01.